The van der Waals surface area contributed by atoms with Gasteiger partial charge in [0.2, 0.25) is 0 Å². The smallest absolute Gasteiger partial charge is 0.408 e. The Morgan fingerprint density at radius 2 is 1.84 bits per heavy atom. The van der Waals surface area contributed by atoms with Gasteiger partial charge in [-0.05, 0) is 44.4 Å². The second kappa shape index (κ2) is 9.78. The summed E-state index contributed by atoms with van der Waals surface area (Å²) in [4.78, 5) is 11.9. The fourth-order valence-electron chi connectivity index (χ4n) is 3.72. The first-order valence-corrected chi connectivity index (χ1v) is 9.87. The average Bonchev–Trinajstić information content (AvgIpc) is 2.96. The van der Waals surface area contributed by atoms with E-state index in [0.717, 1.165) is 57.0 Å². The summed E-state index contributed by atoms with van der Waals surface area (Å²) in [6, 6.07) is 8.38. The lowest BCUT2D eigenvalue weighted by molar-refractivity contribution is 0.372. The molecule has 1 aliphatic rings. The molecule has 1 aliphatic carbocycles. The molecule has 1 saturated carbocycles. The Bertz CT molecular complexity index is 686. The van der Waals surface area contributed by atoms with Crippen LogP contribution < -0.4 is 16.4 Å². The van der Waals surface area contributed by atoms with Gasteiger partial charge in [-0.1, -0.05) is 37.8 Å². The number of hydrogen-bond acceptors (Lipinski definition) is 4. The lowest BCUT2D eigenvalue weighted by atomic mass is 9.95. The normalized spacial score (nSPS) is 15.8. The fourth-order valence-corrected chi connectivity index (χ4v) is 3.72. The highest BCUT2D eigenvalue weighted by Crippen LogP contribution is 2.17. The fraction of sp³-hybridized carbons (Fsp3) is 0.650. The van der Waals surface area contributed by atoms with E-state index in [1.807, 2.05) is 24.3 Å². The first kappa shape index (κ1) is 18.2. The minimum atomic E-state index is -0.242. The molecule has 5 nitrogen and oxygen atoms in total. The number of hydrogen-bond donors (Lipinski definition) is 2. The summed E-state index contributed by atoms with van der Waals surface area (Å²) in [6.07, 6.45) is 10.2. The number of nitrogens with zero attached hydrogens (tertiary/aromatic N) is 1. The SMILES string of the molecule is O=c1oc2ccccc2n1CCCCCNCCNC1CCCCC1. The van der Waals surface area contributed by atoms with Crippen molar-refractivity contribution in [2.45, 2.75) is 64.0 Å². The molecular formula is C20H31N3O2. The van der Waals surface area contributed by atoms with Crippen LogP contribution in [0.1, 0.15) is 51.4 Å². The number of aromatic nitrogens is 1. The number of unbranched alkanes of at least 4 members (excludes halogenated alkanes) is 2. The topological polar surface area (TPSA) is 59.2 Å². The van der Waals surface area contributed by atoms with Crippen molar-refractivity contribution in [2.75, 3.05) is 19.6 Å². The van der Waals surface area contributed by atoms with Crippen molar-refractivity contribution in [3.05, 3.63) is 34.8 Å². The van der Waals surface area contributed by atoms with Gasteiger partial charge in [0.15, 0.2) is 5.58 Å². The van der Waals surface area contributed by atoms with E-state index >= 15 is 0 Å². The number of oxazole rings is 1. The number of fused-ring (bicyclic) bond motifs is 1. The van der Waals surface area contributed by atoms with Gasteiger partial charge in [0, 0.05) is 25.7 Å². The lowest BCUT2D eigenvalue weighted by Crippen LogP contribution is -2.36. The van der Waals surface area contributed by atoms with Gasteiger partial charge in [-0.2, -0.15) is 0 Å². The summed E-state index contributed by atoms with van der Waals surface area (Å²) in [5.74, 6) is -0.242. The van der Waals surface area contributed by atoms with E-state index in [2.05, 4.69) is 10.6 Å². The van der Waals surface area contributed by atoms with Crippen LogP contribution >= 0.6 is 0 Å². The highest BCUT2D eigenvalue weighted by molar-refractivity contribution is 5.72. The summed E-state index contributed by atoms with van der Waals surface area (Å²) < 4.78 is 7.01. The molecule has 138 valence electrons. The Balaban J connectivity index is 1.24. The molecule has 0 unspecified atom stereocenters. The molecular weight excluding hydrogens is 314 g/mol. The Labute approximate surface area is 149 Å². The van der Waals surface area contributed by atoms with Crippen LogP contribution in [0, 0.1) is 0 Å². The summed E-state index contributed by atoms with van der Waals surface area (Å²) in [5, 5.41) is 7.16. The largest absolute Gasteiger partial charge is 0.419 e. The molecule has 0 bridgehead atoms. The zero-order valence-corrected chi connectivity index (χ0v) is 15.1. The summed E-state index contributed by atoms with van der Waals surface area (Å²) in [5.41, 5.74) is 1.58. The zero-order chi connectivity index (χ0) is 17.3. The molecule has 25 heavy (non-hydrogen) atoms. The molecule has 1 fully saturated rings. The first-order chi connectivity index (χ1) is 12.3. The maximum Gasteiger partial charge on any atom is 0.419 e. The summed E-state index contributed by atoms with van der Waals surface area (Å²) >= 11 is 0. The standard InChI is InChI=1S/C20H31N3O2/c24-20-23(18-11-5-6-12-19(18)25-20)16-8-2-7-13-21-14-15-22-17-9-3-1-4-10-17/h5-6,11-12,17,21-22H,1-4,7-10,13-16H2. The third kappa shape index (κ3) is 5.44. The van der Waals surface area contributed by atoms with Crippen LogP contribution in [0.2, 0.25) is 0 Å². The Morgan fingerprint density at radius 1 is 1.00 bits per heavy atom. The minimum Gasteiger partial charge on any atom is -0.408 e. The van der Waals surface area contributed by atoms with Gasteiger partial charge in [0.05, 0.1) is 5.52 Å². The summed E-state index contributed by atoms with van der Waals surface area (Å²) in [7, 11) is 0. The minimum absolute atomic E-state index is 0.242. The van der Waals surface area contributed by atoms with Gasteiger partial charge in [-0.15, -0.1) is 0 Å². The highest BCUT2D eigenvalue weighted by Gasteiger charge is 2.11. The number of para-hydroxylation sites is 2. The molecule has 0 amide bonds. The number of benzene rings is 1. The lowest BCUT2D eigenvalue weighted by Gasteiger charge is -2.22. The van der Waals surface area contributed by atoms with Crippen molar-refractivity contribution < 1.29 is 4.42 Å². The van der Waals surface area contributed by atoms with Crippen LogP contribution in [-0.2, 0) is 6.54 Å². The van der Waals surface area contributed by atoms with Crippen LogP contribution in [0.5, 0.6) is 0 Å². The van der Waals surface area contributed by atoms with E-state index in [4.69, 9.17) is 4.42 Å². The predicted molar refractivity (Wildman–Crippen MR) is 102 cm³/mol. The first-order valence-electron chi connectivity index (χ1n) is 9.87. The van der Waals surface area contributed by atoms with E-state index in [1.165, 1.54) is 32.1 Å². The molecule has 3 rings (SSSR count). The number of nitrogens with one attached hydrogen (secondary N) is 2. The van der Waals surface area contributed by atoms with Crippen LogP contribution in [0.4, 0.5) is 0 Å². The molecule has 2 N–H and O–H groups in total. The van der Waals surface area contributed by atoms with Crippen LogP contribution in [0.15, 0.2) is 33.5 Å². The van der Waals surface area contributed by atoms with E-state index in [-0.39, 0.29) is 5.76 Å². The molecule has 0 spiro atoms. The summed E-state index contributed by atoms with van der Waals surface area (Å²) in [6.45, 7) is 3.90. The van der Waals surface area contributed by atoms with Gasteiger partial charge < -0.3 is 15.1 Å². The molecule has 1 aromatic carbocycles. The molecule has 0 saturated heterocycles. The number of aryl methyl sites for hydroxylation is 1. The van der Waals surface area contributed by atoms with Crippen molar-refractivity contribution >= 4 is 11.1 Å². The third-order valence-corrected chi connectivity index (χ3v) is 5.15. The number of rotatable bonds is 10. The van der Waals surface area contributed by atoms with Crippen molar-refractivity contribution in [1.29, 1.82) is 0 Å². The van der Waals surface area contributed by atoms with Crippen LogP contribution in [0.25, 0.3) is 11.1 Å². The maximum absolute atomic E-state index is 11.9. The predicted octanol–water partition coefficient (Wildman–Crippen LogP) is 3.28. The van der Waals surface area contributed by atoms with E-state index in [1.54, 1.807) is 4.57 Å². The molecule has 1 heterocycles. The molecule has 5 heteroatoms. The Kier molecular flexibility index (Phi) is 7.12. The monoisotopic (exact) mass is 345 g/mol. The molecule has 0 aliphatic heterocycles. The van der Waals surface area contributed by atoms with Gasteiger partial charge >= 0.3 is 5.76 Å². The Morgan fingerprint density at radius 3 is 2.72 bits per heavy atom. The third-order valence-electron chi connectivity index (χ3n) is 5.15. The molecule has 0 atom stereocenters. The van der Waals surface area contributed by atoms with Gasteiger partial charge in [-0.3, -0.25) is 4.57 Å². The van der Waals surface area contributed by atoms with Crippen molar-refractivity contribution in [2.24, 2.45) is 0 Å². The second-order valence-electron chi connectivity index (χ2n) is 7.09. The van der Waals surface area contributed by atoms with Crippen molar-refractivity contribution in [3.8, 4) is 0 Å². The van der Waals surface area contributed by atoms with Crippen molar-refractivity contribution in [3.63, 3.8) is 0 Å². The van der Waals surface area contributed by atoms with E-state index in [9.17, 15) is 4.79 Å². The van der Waals surface area contributed by atoms with E-state index in [0.29, 0.717) is 5.58 Å². The van der Waals surface area contributed by atoms with Gasteiger partial charge in [0.25, 0.3) is 0 Å². The van der Waals surface area contributed by atoms with Gasteiger partial charge in [0.1, 0.15) is 0 Å². The van der Waals surface area contributed by atoms with Crippen molar-refractivity contribution in [1.82, 2.24) is 15.2 Å². The quantitative estimate of drug-likeness (QED) is 0.649. The maximum atomic E-state index is 11.9. The van der Waals surface area contributed by atoms with E-state index < -0.39 is 0 Å². The van der Waals surface area contributed by atoms with Gasteiger partial charge in [-0.25, -0.2) is 4.79 Å². The zero-order valence-electron chi connectivity index (χ0n) is 15.1. The Hall–Kier alpha value is -1.59. The molecule has 2 aromatic rings. The molecule has 1 aromatic heterocycles. The average molecular weight is 345 g/mol. The van der Waals surface area contributed by atoms with Crippen LogP contribution in [0.3, 0.4) is 0 Å². The van der Waals surface area contributed by atoms with Crippen LogP contribution in [-0.4, -0.2) is 30.2 Å². The second-order valence-corrected chi connectivity index (χ2v) is 7.09. The molecule has 0 radical (unpaired) electrons. The highest BCUT2D eigenvalue weighted by atomic mass is 16.4.